The average Bonchev–Trinajstić information content (AvgIpc) is 3.12. The molecule has 6 nitrogen and oxygen atoms in total. The van der Waals surface area contributed by atoms with Gasteiger partial charge >= 0.3 is 5.97 Å². The van der Waals surface area contributed by atoms with Gasteiger partial charge in [-0.15, -0.1) is 0 Å². The summed E-state index contributed by atoms with van der Waals surface area (Å²) < 4.78 is 6.49. The second kappa shape index (κ2) is 7.17. The van der Waals surface area contributed by atoms with Gasteiger partial charge in [0.2, 0.25) is 0 Å². The number of carbonyl (C=O) groups is 2. The van der Waals surface area contributed by atoms with Crippen LogP contribution in [-0.4, -0.2) is 28.5 Å². The van der Waals surface area contributed by atoms with Crippen LogP contribution in [0.5, 0.6) is 0 Å². The molecule has 1 unspecified atom stereocenters. The third-order valence-corrected chi connectivity index (χ3v) is 4.25. The van der Waals surface area contributed by atoms with Crippen LogP contribution in [0.25, 0.3) is 10.8 Å². The SMILES string of the molecule is COC(=O)C(CCc1cccc2ccccc12)n1cnc(C(N)=O)c1. The first kappa shape index (κ1) is 16.7. The monoisotopic (exact) mass is 337 g/mol. The van der Waals surface area contributed by atoms with E-state index in [1.165, 1.54) is 19.6 Å². The lowest BCUT2D eigenvalue weighted by Crippen LogP contribution is -2.21. The van der Waals surface area contributed by atoms with Crippen molar-refractivity contribution in [3.05, 3.63) is 66.2 Å². The fourth-order valence-corrected chi connectivity index (χ4v) is 2.96. The van der Waals surface area contributed by atoms with Gasteiger partial charge in [-0.2, -0.15) is 0 Å². The molecular formula is C19H19N3O3. The third kappa shape index (κ3) is 3.52. The van der Waals surface area contributed by atoms with Crippen molar-refractivity contribution < 1.29 is 14.3 Å². The van der Waals surface area contributed by atoms with Crippen molar-refractivity contribution in [2.45, 2.75) is 18.9 Å². The summed E-state index contributed by atoms with van der Waals surface area (Å²) in [5, 5.41) is 2.32. The second-order valence-electron chi connectivity index (χ2n) is 5.79. The van der Waals surface area contributed by atoms with Gasteiger partial charge in [0.25, 0.3) is 5.91 Å². The number of fused-ring (bicyclic) bond motifs is 1. The highest BCUT2D eigenvalue weighted by Gasteiger charge is 2.22. The van der Waals surface area contributed by atoms with Crippen molar-refractivity contribution >= 4 is 22.6 Å². The molecule has 2 aromatic carbocycles. The predicted octanol–water partition coefficient (Wildman–Crippen LogP) is 2.48. The normalized spacial score (nSPS) is 12.0. The molecule has 0 saturated heterocycles. The van der Waals surface area contributed by atoms with Crippen molar-refractivity contribution in [3.8, 4) is 0 Å². The first-order valence-corrected chi connectivity index (χ1v) is 7.98. The number of hydrogen-bond donors (Lipinski definition) is 1. The largest absolute Gasteiger partial charge is 0.467 e. The van der Waals surface area contributed by atoms with Gasteiger partial charge in [-0.3, -0.25) is 4.79 Å². The number of aromatic nitrogens is 2. The van der Waals surface area contributed by atoms with Gasteiger partial charge in [-0.05, 0) is 29.2 Å². The standard InChI is InChI=1S/C19H19N3O3/c1-25-19(24)17(22-11-16(18(20)23)21-12-22)10-9-14-7-4-6-13-5-2-3-8-15(13)14/h2-8,11-12,17H,9-10H2,1H3,(H2,20,23). The van der Waals surface area contributed by atoms with Gasteiger partial charge in [-0.25, -0.2) is 9.78 Å². The van der Waals surface area contributed by atoms with Crippen LogP contribution in [0.3, 0.4) is 0 Å². The lowest BCUT2D eigenvalue weighted by Gasteiger charge is -2.16. The third-order valence-electron chi connectivity index (χ3n) is 4.25. The number of primary amides is 1. The van der Waals surface area contributed by atoms with Crippen LogP contribution < -0.4 is 5.73 Å². The number of nitrogens with zero attached hydrogens (tertiary/aromatic N) is 2. The summed E-state index contributed by atoms with van der Waals surface area (Å²) in [5.74, 6) is -1.01. The van der Waals surface area contributed by atoms with Gasteiger partial charge in [0, 0.05) is 6.20 Å². The highest BCUT2D eigenvalue weighted by molar-refractivity contribution is 5.90. The van der Waals surface area contributed by atoms with E-state index in [2.05, 4.69) is 29.2 Å². The fraction of sp³-hybridized carbons (Fsp3) is 0.211. The lowest BCUT2D eigenvalue weighted by atomic mass is 9.99. The van der Waals surface area contributed by atoms with Gasteiger partial charge in [0.1, 0.15) is 11.7 Å². The molecule has 1 aromatic heterocycles. The Morgan fingerprint density at radius 2 is 1.96 bits per heavy atom. The van der Waals surface area contributed by atoms with E-state index in [0.29, 0.717) is 12.8 Å². The average molecular weight is 337 g/mol. The van der Waals surface area contributed by atoms with Gasteiger partial charge in [-0.1, -0.05) is 42.5 Å². The van der Waals surface area contributed by atoms with Crippen LogP contribution in [-0.2, 0) is 16.0 Å². The van der Waals surface area contributed by atoms with Crippen LogP contribution in [0, 0.1) is 0 Å². The molecule has 6 heteroatoms. The summed E-state index contributed by atoms with van der Waals surface area (Å²) in [6, 6.07) is 13.7. The summed E-state index contributed by atoms with van der Waals surface area (Å²) in [4.78, 5) is 27.4. The van der Waals surface area contributed by atoms with E-state index >= 15 is 0 Å². The van der Waals surface area contributed by atoms with E-state index in [-0.39, 0.29) is 11.7 Å². The molecule has 0 spiro atoms. The molecule has 2 N–H and O–H groups in total. The zero-order valence-electron chi connectivity index (χ0n) is 13.9. The Morgan fingerprint density at radius 3 is 2.68 bits per heavy atom. The molecule has 25 heavy (non-hydrogen) atoms. The minimum Gasteiger partial charge on any atom is -0.467 e. The molecule has 0 aliphatic rings. The topological polar surface area (TPSA) is 87.2 Å². The van der Waals surface area contributed by atoms with E-state index in [4.69, 9.17) is 10.5 Å². The summed E-state index contributed by atoms with van der Waals surface area (Å²) in [6.45, 7) is 0. The fourth-order valence-electron chi connectivity index (χ4n) is 2.96. The Morgan fingerprint density at radius 1 is 1.20 bits per heavy atom. The van der Waals surface area contributed by atoms with Crippen LogP contribution in [0.2, 0.25) is 0 Å². The first-order valence-electron chi connectivity index (χ1n) is 7.98. The van der Waals surface area contributed by atoms with Gasteiger partial charge in [0.05, 0.1) is 13.4 Å². The maximum atomic E-state index is 12.2. The molecule has 1 atom stereocenters. The first-order chi connectivity index (χ1) is 12.1. The van der Waals surface area contributed by atoms with Crippen LogP contribution in [0.4, 0.5) is 0 Å². The highest BCUT2D eigenvalue weighted by Crippen LogP contribution is 2.23. The highest BCUT2D eigenvalue weighted by atomic mass is 16.5. The molecule has 0 aliphatic heterocycles. The zero-order valence-corrected chi connectivity index (χ0v) is 13.9. The minimum absolute atomic E-state index is 0.124. The van der Waals surface area contributed by atoms with E-state index in [0.717, 1.165) is 16.3 Å². The lowest BCUT2D eigenvalue weighted by molar-refractivity contribution is -0.144. The number of nitrogens with two attached hydrogens (primary N) is 1. The molecule has 3 aromatic rings. The number of benzene rings is 2. The van der Waals surface area contributed by atoms with Crippen LogP contribution >= 0.6 is 0 Å². The van der Waals surface area contributed by atoms with Gasteiger partial charge in [0.15, 0.2) is 0 Å². The number of carbonyl (C=O) groups excluding carboxylic acids is 2. The van der Waals surface area contributed by atoms with Crippen molar-refractivity contribution in [2.75, 3.05) is 7.11 Å². The molecule has 0 saturated carbocycles. The summed E-state index contributed by atoms with van der Waals surface area (Å²) in [5.41, 5.74) is 6.51. The van der Waals surface area contributed by atoms with Crippen molar-refractivity contribution in [3.63, 3.8) is 0 Å². The minimum atomic E-state index is -0.628. The number of hydrogen-bond acceptors (Lipinski definition) is 4. The molecule has 1 amide bonds. The number of ether oxygens (including phenoxy) is 1. The molecular weight excluding hydrogens is 318 g/mol. The van der Waals surface area contributed by atoms with E-state index in [1.54, 1.807) is 4.57 Å². The molecule has 3 rings (SSSR count). The summed E-state index contributed by atoms with van der Waals surface area (Å²) in [6.07, 6.45) is 4.12. The smallest absolute Gasteiger partial charge is 0.328 e. The second-order valence-corrected chi connectivity index (χ2v) is 5.79. The Hall–Kier alpha value is -3.15. The maximum absolute atomic E-state index is 12.2. The Kier molecular flexibility index (Phi) is 4.79. The van der Waals surface area contributed by atoms with Crippen LogP contribution in [0.1, 0.15) is 28.5 Å². The summed E-state index contributed by atoms with van der Waals surface area (Å²) >= 11 is 0. The van der Waals surface area contributed by atoms with E-state index in [9.17, 15) is 9.59 Å². The Bertz CT molecular complexity index is 912. The summed E-state index contributed by atoms with van der Waals surface area (Å²) in [7, 11) is 1.35. The molecule has 0 radical (unpaired) electrons. The maximum Gasteiger partial charge on any atom is 0.328 e. The number of esters is 1. The van der Waals surface area contributed by atoms with E-state index in [1.807, 2.05) is 18.2 Å². The molecule has 1 heterocycles. The number of imidazole rings is 1. The quantitative estimate of drug-likeness (QED) is 0.700. The number of aryl methyl sites for hydroxylation is 1. The number of methoxy groups -OCH3 is 1. The predicted molar refractivity (Wildman–Crippen MR) is 94.1 cm³/mol. The van der Waals surface area contributed by atoms with Crippen molar-refractivity contribution in [2.24, 2.45) is 5.73 Å². The zero-order chi connectivity index (χ0) is 17.8. The van der Waals surface area contributed by atoms with Gasteiger partial charge < -0.3 is 15.0 Å². The molecule has 0 fully saturated rings. The van der Waals surface area contributed by atoms with Crippen molar-refractivity contribution in [1.29, 1.82) is 0 Å². The van der Waals surface area contributed by atoms with Crippen molar-refractivity contribution in [1.82, 2.24) is 9.55 Å². The Labute approximate surface area is 145 Å². The molecule has 128 valence electrons. The van der Waals surface area contributed by atoms with Crippen LogP contribution in [0.15, 0.2) is 55.0 Å². The molecule has 0 aliphatic carbocycles. The van der Waals surface area contributed by atoms with E-state index < -0.39 is 11.9 Å². The Balaban J connectivity index is 1.85. The number of amides is 1. The number of rotatable bonds is 6. The molecule has 0 bridgehead atoms.